The molecule has 0 spiro atoms. The molecule has 0 fully saturated rings. The molecule has 0 bridgehead atoms. The molecule has 0 aliphatic heterocycles. The van der Waals surface area contributed by atoms with Crippen LogP contribution in [0.4, 0.5) is 13.2 Å². The van der Waals surface area contributed by atoms with Gasteiger partial charge in [-0.15, -0.1) is 0 Å². The quantitative estimate of drug-likeness (QED) is 0.863. The number of alkyl halides is 3. The highest BCUT2D eigenvalue weighted by molar-refractivity contribution is 5.81. The third kappa shape index (κ3) is 5.94. The Hall–Kier alpha value is -2.51. The number of aliphatic carboxylic acids is 1. The molecule has 0 atom stereocenters. The van der Waals surface area contributed by atoms with Crippen molar-refractivity contribution < 1.29 is 32.6 Å². The van der Waals surface area contributed by atoms with E-state index in [0.717, 1.165) is 23.8 Å². The van der Waals surface area contributed by atoms with Crippen molar-refractivity contribution in [1.29, 1.82) is 0 Å². The minimum atomic E-state index is -5.19. The van der Waals surface area contributed by atoms with Crippen LogP contribution in [0, 0.1) is 5.92 Å². The number of hydrogen-bond acceptors (Lipinski definition) is 5. The third-order valence-electron chi connectivity index (χ3n) is 3.04. The van der Waals surface area contributed by atoms with Gasteiger partial charge in [0.05, 0.1) is 0 Å². The molecule has 1 aromatic carbocycles. The summed E-state index contributed by atoms with van der Waals surface area (Å²) in [4.78, 5) is 20.2. The zero-order chi connectivity index (χ0) is 18.5. The fourth-order valence-corrected chi connectivity index (χ4v) is 1.87. The standard InChI is InChI=1S/C14H16O3.C2HF3O2/c1-9(2)3-4-10-7-14(16)17-13-8-11(15)5-6-12(10)13;3-2(4,5)1(6)7/h5-9,15H,3-4H2,1-2H3;(H,6,7)/p-1. The SMILES string of the molecule is CC(C)CCc1cc(=O)oc2cc(O)ccc12.O=C([O-])C(F)(F)F. The van der Waals surface area contributed by atoms with Gasteiger partial charge in [-0.2, -0.15) is 13.2 Å². The number of carboxylic acids is 1. The minimum absolute atomic E-state index is 0.113. The van der Waals surface area contributed by atoms with Gasteiger partial charge in [0.25, 0.3) is 0 Å². The molecule has 1 heterocycles. The molecule has 24 heavy (non-hydrogen) atoms. The van der Waals surface area contributed by atoms with E-state index < -0.39 is 12.1 Å². The normalized spacial score (nSPS) is 11.2. The van der Waals surface area contributed by atoms with Crippen LogP contribution in [0.1, 0.15) is 25.8 Å². The predicted molar refractivity (Wildman–Crippen MR) is 78.4 cm³/mol. The van der Waals surface area contributed by atoms with Gasteiger partial charge in [0.15, 0.2) is 0 Å². The van der Waals surface area contributed by atoms with Gasteiger partial charge < -0.3 is 19.4 Å². The monoisotopic (exact) mass is 345 g/mol. The second-order valence-corrected chi connectivity index (χ2v) is 5.49. The van der Waals surface area contributed by atoms with Crippen molar-refractivity contribution in [3.63, 3.8) is 0 Å². The average Bonchev–Trinajstić information content (AvgIpc) is 2.43. The third-order valence-corrected chi connectivity index (χ3v) is 3.04. The van der Waals surface area contributed by atoms with Crippen molar-refractivity contribution in [3.8, 4) is 5.75 Å². The molecule has 2 rings (SSSR count). The number of aryl methyl sites for hydroxylation is 1. The zero-order valence-electron chi connectivity index (χ0n) is 13.0. The molecule has 2 aromatic rings. The zero-order valence-corrected chi connectivity index (χ0v) is 13.0. The predicted octanol–water partition coefficient (Wildman–Crippen LogP) is 2.39. The highest BCUT2D eigenvalue weighted by Gasteiger charge is 2.28. The van der Waals surface area contributed by atoms with Crippen molar-refractivity contribution in [3.05, 3.63) is 40.2 Å². The number of carboxylic acid groups (broad SMARTS) is 1. The van der Waals surface area contributed by atoms with Crippen molar-refractivity contribution in [2.24, 2.45) is 5.92 Å². The molecule has 0 aliphatic rings. The van der Waals surface area contributed by atoms with Crippen LogP contribution in [0.5, 0.6) is 5.75 Å². The summed E-state index contributed by atoms with van der Waals surface area (Å²) in [5, 5.41) is 19.1. The van der Waals surface area contributed by atoms with Crippen LogP contribution >= 0.6 is 0 Å². The largest absolute Gasteiger partial charge is 0.542 e. The van der Waals surface area contributed by atoms with E-state index in [0.29, 0.717) is 11.5 Å². The maximum absolute atomic E-state index is 11.4. The molecule has 0 amide bonds. The Balaban J connectivity index is 0.000000351. The Bertz CT molecular complexity index is 762. The van der Waals surface area contributed by atoms with E-state index in [4.69, 9.17) is 14.3 Å². The summed E-state index contributed by atoms with van der Waals surface area (Å²) in [6.07, 6.45) is -3.32. The Morgan fingerprint density at radius 3 is 2.38 bits per heavy atom. The van der Waals surface area contributed by atoms with Crippen LogP contribution in [-0.2, 0) is 11.2 Å². The van der Waals surface area contributed by atoms with Crippen molar-refractivity contribution in [2.45, 2.75) is 32.9 Å². The maximum Gasteiger partial charge on any atom is 0.430 e. The fraction of sp³-hybridized carbons (Fsp3) is 0.375. The van der Waals surface area contributed by atoms with Crippen LogP contribution in [0.3, 0.4) is 0 Å². The van der Waals surface area contributed by atoms with Crippen LogP contribution < -0.4 is 10.7 Å². The number of rotatable bonds is 3. The van der Waals surface area contributed by atoms with E-state index in [-0.39, 0.29) is 11.4 Å². The fourth-order valence-electron chi connectivity index (χ4n) is 1.87. The molecule has 0 unspecified atom stereocenters. The molecule has 132 valence electrons. The second kappa shape index (κ2) is 7.85. The lowest BCUT2D eigenvalue weighted by molar-refractivity contribution is -0.344. The lowest BCUT2D eigenvalue weighted by Crippen LogP contribution is -2.37. The van der Waals surface area contributed by atoms with Crippen LogP contribution in [0.15, 0.2) is 33.5 Å². The number of fused-ring (bicyclic) bond motifs is 1. The highest BCUT2D eigenvalue weighted by atomic mass is 19.4. The lowest BCUT2D eigenvalue weighted by Gasteiger charge is -2.07. The molecule has 8 heteroatoms. The van der Waals surface area contributed by atoms with E-state index >= 15 is 0 Å². The van der Waals surface area contributed by atoms with E-state index in [1.807, 2.05) is 0 Å². The number of phenols is 1. The highest BCUT2D eigenvalue weighted by Crippen LogP contribution is 2.23. The first kappa shape index (κ1) is 19.5. The molecular weight excluding hydrogens is 329 g/mol. The molecule has 0 radical (unpaired) electrons. The molecular formula is C16H16F3O5-. The van der Waals surface area contributed by atoms with E-state index in [9.17, 15) is 23.1 Å². The van der Waals surface area contributed by atoms with E-state index in [2.05, 4.69) is 13.8 Å². The Kier molecular flexibility index (Phi) is 6.39. The molecule has 5 nitrogen and oxygen atoms in total. The number of phenolic OH excluding ortho intramolecular Hbond substituents is 1. The molecule has 0 saturated heterocycles. The lowest BCUT2D eigenvalue weighted by atomic mass is 10.0. The van der Waals surface area contributed by atoms with Gasteiger partial charge in [-0.25, -0.2) is 4.79 Å². The maximum atomic E-state index is 11.4. The molecule has 0 aliphatic carbocycles. The van der Waals surface area contributed by atoms with E-state index in [1.54, 1.807) is 18.2 Å². The smallest absolute Gasteiger partial charge is 0.430 e. The first-order chi connectivity index (χ1) is 11.0. The summed E-state index contributed by atoms with van der Waals surface area (Å²) in [6.45, 7) is 4.30. The number of benzene rings is 1. The summed E-state index contributed by atoms with van der Waals surface area (Å²) in [6, 6.07) is 6.43. The Morgan fingerprint density at radius 2 is 1.88 bits per heavy atom. The van der Waals surface area contributed by atoms with Gasteiger partial charge in [0.2, 0.25) is 0 Å². The second-order valence-electron chi connectivity index (χ2n) is 5.49. The summed E-state index contributed by atoms with van der Waals surface area (Å²) in [7, 11) is 0. The summed E-state index contributed by atoms with van der Waals surface area (Å²) in [5.41, 5.74) is 1.09. The van der Waals surface area contributed by atoms with Gasteiger partial charge in [0.1, 0.15) is 17.3 Å². The first-order valence-electron chi connectivity index (χ1n) is 7.04. The van der Waals surface area contributed by atoms with Crippen molar-refractivity contribution in [1.82, 2.24) is 0 Å². The number of carbonyl (C=O) groups excluding carboxylic acids is 1. The number of aromatic hydroxyl groups is 1. The topological polar surface area (TPSA) is 90.6 Å². The van der Waals surface area contributed by atoms with Gasteiger partial charge in [-0.1, -0.05) is 13.8 Å². The van der Waals surface area contributed by atoms with Crippen molar-refractivity contribution >= 4 is 16.9 Å². The first-order valence-corrected chi connectivity index (χ1v) is 7.04. The van der Waals surface area contributed by atoms with Gasteiger partial charge in [-0.3, -0.25) is 0 Å². The molecule has 0 saturated carbocycles. The molecule has 1 aromatic heterocycles. The minimum Gasteiger partial charge on any atom is -0.542 e. The summed E-state index contributed by atoms with van der Waals surface area (Å²) >= 11 is 0. The van der Waals surface area contributed by atoms with Crippen LogP contribution in [0.25, 0.3) is 11.0 Å². The average molecular weight is 345 g/mol. The number of hydrogen-bond donors (Lipinski definition) is 1. The van der Waals surface area contributed by atoms with Crippen LogP contribution in [0.2, 0.25) is 0 Å². The van der Waals surface area contributed by atoms with Gasteiger partial charge in [-0.05, 0) is 36.5 Å². The Labute approximate surface area is 135 Å². The van der Waals surface area contributed by atoms with Crippen LogP contribution in [-0.4, -0.2) is 17.3 Å². The van der Waals surface area contributed by atoms with Gasteiger partial charge in [0, 0.05) is 17.5 Å². The molecule has 1 N–H and O–H groups in total. The van der Waals surface area contributed by atoms with Crippen molar-refractivity contribution in [2.75, 3.05) is 0 Å². The van der Waals surface area contributed by atoms with Gasteiger partial charge >= 0.3 is 11.8 Å². The van der Waals surface area contributed by atoms with E-state index in [1.165, 1.54) is 6.07 Å². The summed E-state index contributed by atoms with van der Waals surface area (Å²) < 4.78 is 36.6. The number of halogens is 3. The number of carbonyl (C=O) groups is 1. The summed E-state index contributed by atoms with van der Waals surface area (Å²) in [5.74, 6) is -2.30. The Morgan fingerprint density at radius 1 is 1.29 bits per heavy atom.